The van der Waals surface area contributed by atoms with Crippen molar-refractivity contribution in [2.75, 3.05) is 0 Å². The second-order valence-electron chi connectivity index (χ2n) is 1.71. The minimum atomic E-state index is -1.04. The van der Waals surface area contributed by atoms with E-state index in [-0.39, 0.29) is 0 Å². The van der Waals surface area contributed by atoms with Gasteiger partial charge in [-0.1, -0.05) is 15.9 Å². The lowest BCUT2D eigenvalue weighted by Gasteiger charge is -1.93. The van der Waals surface area contributed by atoms with Gasteiger partial charge in [-0.2, -0.15) is 4.39 Å². The summed E-state index contributed by atoms with van der Waals surface area (Å²) in [5, 5.41) is 0.435. The highest BCUT2D eigenvalue weighted by Gasteiger charge is 2.01. The average molecular weight is 208 g/mol. The predicted octanol–water partition coefficient (Wildman–Crippen LogP) is 2.25. The van der Waals surface area contributed by atoms with Crippen LogP contribution in [-0.2, 0) is 5.33 Å². The third-order valence-corrected chi connectivity index (χ3v) is 1.57. The molecule has 0 N–H and O–H groups in total. The molecule has 0 aliphatic carbocycles. The lowest BCUT2D eigenvalue weighted by Crippen LogP contribution is -1.92. The van der Waals surface area contributed by atoms with Gasteiger partial charge in [0.05, 0.1) is 5.69 Å². The van der Waals surface area contributed by atoms with Crippen LogP contribution >= 0.6 is 15.9 Å². The molecule has 0 saturated heterocycles. The first kappa shape index (κ1) is 7.60. The van der Waals surface area contributed by atoms with E-state index >= 15 is 0 Å². The summed E-state index contributed by atoms with van der Waals surface area (Å²) in [6, 6.07) is 2.48. The lowest BCUT2D eigenvalue weighted by molar-refractivity contribution is 0.476. The standard InChI is InChI=1S/C6H4BrF2N/c7-3-4-1-2-5(8)6(9)10-4/h1-2H,3H2. The van der Waals surface area contributed by atoms with Gasteiger partial charge in [0, 0.05) is 5.33 Å². The fraction of sp³-hybridized carbons (Fsp3) is 0.167. The van der Waals surface area contributed by atoms with Gasteiger partial charge in [-0.15, -0.1) is 0 Å². The van der Waals surface area contributed by atoms with Crippen LogP contribution in [0.15, 0.2) is 12.1 Å². The molecule has 10 heavy (non-hydrogen) atoms. The van der Waals surface area contributed by atoms with Crippen molar-refractivity contribution in [2.45, 2.75) is 5.33 Å². The molecule has 1 aromatic heterocycles. The zero-order chi connectivity index (χ0) is 7.56. The molecule has 1 nitrogen and oxygen atoms in total. The summed E-state index contributed by atoms with van der Waals surface area (Å²) in [5.41, 5.74) is 0.485. The highest BCUT2D eigenvalue weighted by molar-refractivity contribution is 9.08. The Morgan fingerprint density at radius 1 is 1.40 bits per heavy atom. The molecule has 0 aliphatic rings. The first-order valence-electron chi connectivity index (χ1n) is 2.61. The fourth-order valence-corrected chi connectivity index (χ4v) is 0.842. The van der Waals surface area contributed by atoms with Gasteiger partial charge in [0.1, 0.15) is 0 Å². The minimum absolute atomic E-state index is 0.435. The van der Waals surface area contributed by atoms with Crippen LogP contribution in [0.2, 0.25) is 0 Å². The van der Waals surface area contributed by atoms with Crippen LogP contribution in [0.3, 0.4) is 0 Å². The molecule has 4 heteroatoms. The van der Waals surface area contributed by atoms with Crippen LogP contribution in [-0.4, -0.2) is 4.98 Å². The molecule has 1 rings (SSSR count). The summed E-state index contributed by atoms with van der Waals surface area (Å²) in [5.74, 6) is -1.96. The molecular weight excluding hydrogens is 204 g/mol. The van der Waals surface area contributed by atoms with Crippen molar-refractivity contribution in [2.24, 2.45) is 0 Å². The molecule has 0 saturated carbocycles. The van der Waals surface area contributed by atoms with Crippen LogP contribution < -0.4 is 0 Å². The topological polar surface area (TPSA) is 12.9 Å². The number of halogens is 3. The van der Waals surface area contributed by atoms with E-state index in [1.165, 1.54) is 6.07 Å². The molecule has 0 aliphatic heterocycles. The first-order valence-corrected chi connectivity index (χ1v) is 3.73. The molecule has 1 heterocycles. The Balaban J connectivity index is 3.04. The smallest absolute Gasteiger partial charge is 0.221 e. The van der Waals surface area contributed by atoms with Gasteiger partial charge in [-0.3, -0.25) is 0 Å². The van der Waals surface area contributed by atoms with E-state index < -0.39 is 11.8 Å². The molecule has 54 valence electrons. The Hall–Kier alpha value is -0.510. The Labute approximate surface area is 65.2 Å². The molecular formula is C6H4BrF2N. The van der Waals surface area contributed by atoms with Gasteiger partial charge in [0.25, 0.3) is 0 Å². The quantitative estimate of drug-likeness (QED) is 0.509. The Kier molecular flexibility index (Phi) is 2.32. The SMILES string of the molecule is Fc1ccc(CBr)nc1F. The van der Waals surface area contributed by atoms with E-state index in [9.17, 15) is 8.78 Å². The van der Waals surface area contributed by atoms with Crippen molar-refractivity contribution < 1.29 is 8.78 Å². The van der Waals surface area contributed by atoms with Crippen LogP contribution in [0.25, 0.3) is 0 Å². The van der Waals surface area contributed by atoms with Gasteiger partial charge in [0.15, 0.2) is 5.82 Å². The summed E-state index contributed by atoms with van der Waals surface area (Å²) < 4.78 is 24.4. The molecule has 0 radical (unpaired) electrons. The zero-order valence-electron chi connectivity index (χ0n) is 4.94. The van der Waals surface area contributed by atoms with Crippen LogP contribution in [0.4, 0.5) is 8.78 Å². The average Bonchev–Trinajstić information content (AvgIpc) is 1.95. The predicted molar refractivity (Wildman–Crippen MR) is 36.8 cm³/mol. The molecule has 0 bridgehead atoms. The number of hydrogen-bond donors (Lipinski definition) is 0. The second kappa shape index (κ2) is 3.05. The molecule has 0 atom stereocenters. The maximum Gasteiger partial charge on any atom is 0.249 e. The molecule has 0 amide bonds. The van der Waals surface area contributed by atoms with Gasteiger partial charge < -0.3 is 0 Å². The molecule has 0 fully saturated rings. The van der Waals surface area contributed by atoms with Gasteiger partial charge in [-0.05, 0) is 12.1 Å². The first-order chi connectivity index (χ1) is 4.74. The molecule has 0 unspecified atom stereocenters. The minimum Gasteiger partial charge on any atom is -0.221 e. The third kappa shape index (κ3) is 1.50. The lowest BCUT2D eigenvalue weighted by atomic mass is 10.4. The Bertz CT molecular complexity index is 239. The summed E-state index contributed by atoms with van der Waals surface area (Å²) in [7, 11) is 0. The van der Waals surface area contributed by atoms with E-state index in [4.69, 9.17) is 0 Å². The van der Waals surface area contributed by atoms with Gasteiger partial charge in [0.2, 0.25) is 5.95 Å². The van der Waals surface area contributed by atoms with Crippen molar-refractivity contribution in [3.05, 3.63) is 29.6 Å². The van der Waals surface area contributed by atoms with E-state index in [1.807, 2.05) is 0 Å². The van der Waals surface area contributed by atoms with Crippen LogP contribution in [0, 0.1) is 11.8 Å². The third-order valence-electron chi connectivity index (χ3n) is 0.998. The monoisotopic (exact) mass is 207 g/mol. The van der Waals surface area contributed by atoms with Crippen molar-refractivity contribution in [3.63, 3.8) is 0 Å². The van der Waals surface area contributed by atoms with E-state index in [0.29, 0.717) is 11.0 Å². The highest BCUT2D eigenvalue weighted by Crippen LogP contribution is 2.06. The van der Waals surface area contributed by atoms with Crippen molar-refractivity contribution in [3.8, 4) is 0 Å². The van der Waals surface area contributed by atoms with Crippen molar-refractivity contribution >= 4 is 15.9 Å². The second-order valence-corrected chi connectivity index (χ2v) is 2.27. The molecule has 1 aromatic rings. The normalized spacial score (nSPS) is 9.90. The Morgan fingerprint density at radius 2 is 2.10 bits per heavy atom. The van der Waals surface area contributed by atoms with Crippen molar-refractivity contribution in [1.29, 1.82) is 0 Å². The molecule has 0 spiro atoms. The number of hydrogen-bond acceptors (Lipinski definition) is 1. The summed E-state index contributed by atoms with van der Waals surface area (Å²) in [4.78, 5) is 3.30. The number of aromatic nitrogens is 1. The van der Waals surface area contributed by atoms with E-state index in [2.05, 4.69) is 20.9 Å². The van der Waals surface area contributed by atoms with E-state index in [0.717, 1.165) is 6.07 Å². The van der Waals surface area contributed by atoms with Crippen molar-refractivity contribution in [1.82, 2.24) is 4.98 Å². The van der Waals surface area contributed by atoms with Crippen LogP contribution in [0.5, 0.6) is 0 Å². The number of rotatable bonds is 1. The van der Waals surface area contributed by atoms with E-state index in [1.54, 1.807) is 0 Å². The van der Waals surface area contributed by atoms with Gasteiger partial charge >= 0.3 is 0 Å². The van der Waals surface area contributed by atoms with Gasteiger partial charge in [-0.25, -0.2) is 9.37 Å². The fourth-order valence-electron chi connectivity index (χ4n) is 0.529. The number of nitrogens with zero attached hydrogens (tertiary/aromatic N) is 1. The summed E-state index contributed by atoms with van der Waals surface area (Å²) >= 11 is 3.06. The maximum atomic E-state index is 12.3. The zero-order valence-corrected chi connectivity index (χ0v) is 6.53. The van der Waals surface area contributed by atoms with Crippen LogP contribution in [0.1, 0.15) is 5.69 Å². The number of alkyl halides is 1. The molecule has 0 aromatic carbocycles. The summed E-state index contributed by atoms with van der Waals surface area (Å²) in [6.45, 7) is 0. The summed E-state index contributed by atoms with van der Waals surface area (Å²) in [6.07, 6.45) is 0. The highest BCUT2D eigenvalue weighted by atomic mass is 79.9. The maximum absolute atomic E-state index is 12.3. The Morgan fingerprint density at radius 3 is 2.60 bits per heavy atom. The number of pyridine rings is 1. The largest absolute Gasteiger partial charge is 0.249 e.